The van der Waals surface area contributed by atoms with Crippen LogP contribution in [0.5, 0.6) is 0 Å². The lowest BCUT2D eigenvalue weighted by molar-refractivity contribution is -0.126. The number of thiophene rings is 1. The first-order valence-electron chi connectivity index (χ1n) is 10.0. The van der Waals surface area contributed by atoms with Gasteiger partial charge in [-0.3, -0.25) is 9.59 Å². The van der Waals surface area contributed by atoms with Gasteiger partial charge in [-0.05, 0) is 55.8 Å². The molecule has 1 aliphatic rings. The number of hydrogen-bond acceptors (Lipinski definition) is 4. The monoisotopic (exact) mass is 399 g/mol. The number of aryl methyl sites for hydroxylation is 1. The Labute approximate surface area is 171 Å². The molecule has 6 heteroatoms. The third-order valence-corrected chi connectivity index (χ3v) is 6.17. The molecule has 0 aliphatic carbocycles. The summed E-state index contributed by atoms with van der Waals surface area (Å²) in [5.41, 5.74) is 2.43. The smallest absolute Gasteiger partial charge is 0.263 e. The molecule has 150 valence electrons. The van der Waals surface area contributed by atoms with Crippen LogP contribution in [0.15, 0.2) is 41.8 Å². The quantitative estimate of drug-likeness (QED) is 0.775. The van der Waals surface area contributed by atoms with Crippen molar-refractivity contribution in [3.63, 3.8) is 0 Å². The van der Waals surface area contributed by atoms with Crippen molar-refractivity contribution in [2.75, 3.05) is 37.6 Å². The summed E-state index contributed by atoms with van der Waals surface area (Å²) in [6.45, 7) is 7.86. The highest BCUT2D eigenvalue weighted by Crippen LogP contribution is 2.21. The number of piperidine rings is 1. The zero-order valence-corrected chi connectivity index (χ0v) is 17.5. The van der Waals surface area contributed by atoms with Crippen molar-refractivity contribution in [1.29, 1.82) is 0 Å². The van der Waals surface area contributed by atoms with Gasteiger partial charge in [0.25, 0.3) is 5.91 Å². The van der Waals surface area contributed by atoms with Gasteiger partial charge < -0.3 is 15.1 Å². The van der Waals surface area contributed by atoms with Gasteiger partial charge in [0, 0.05) is 44.3 Å². The molecule has 2 aromatic rings. The van der Waals surface area contributed by atoms with Gasteiger partial charge in [0.2, 0.25) is 5.91 Å². The second-order valence-corrected chi connectivity index (χ2v) is 8.20. The van der Waals surface area contributed by atoms with E-state index in [4.69, 9.17) is 0 Å². The Bertz CT molecular complexity index is 783. The number of carbonyl (C=O) groups excluding carboxylic acids is 2. The van der Waals surface area contributed by atoms with Crippen LogP contribution in [0.1, 0.15) is 35.0 Å². The average molecular weight is 400 g/mol. The van der Waals surface area contributed by atoms with E-state index >= 15 is 0 Å². The summed E-state index contributed by atoms with van der Waals surface area (Å²) in [5.74, 6) is 0.204. The van der Waals surface area contributed by atoms with E-state index in [1.807, 2.05) is 22.4 Å². The van der Waals surface area contributed by atoms with Crippen LogP contribution in [-0.4, -0.2) is 49.4 Å². The van der Waals surface area contributed by atoms with E-state index in [1.165, 1.54) is 22.6 Å². The highest BCUT2D eigenvalue weighted by molar-refractivity contribution is 7.12. The van der Waals surface area contributed by atoms with Crippen LogP contribution >= 0.6 is 11.3 Å². The first kappa shape index (κ1) is 20.4. The fourth-order valence-electron chi connectivity index (χ4n) is 3.65. The lowest BCUT2D eigenvalue weighted by Crippen LogP contribution is -2.44. The Kier molecular flexibility index (Phi) is 7.09. The van der Waals surface area contributed by atoms with Gasteiger partial charge in [0.05, 0.1) is 4.88 Å². The molecule has 1 N–H and O–H groups in total. The van der Waals surface area contributed by atoms with Gasteiger partial charge in [-0.1, -0.05) is 18.2 Å². The van der Waals surface area contributed by atoms with Gasteiger partial charge in [-0.15, -0.1) is 11.3 Å². The third kappa shape index (κ3) is 5.13. The number of anilines is 1. The normalized spacial score (nSPS) is 14.7. The SMILES string of the molecule is CCN(CCNC(=O)C1CCN(C(=O)c2cccs2)CC1)c1cccc(C)c1. The molecule has 0 radical (unpaired) electrons. The lowest BCUT2D eigenvalue weighted by atomic mass is 9.96. The zero-order valence-electron chi connectivity index (χ0n) is 16.7. The second kappa shape index (κ2) is 9.73. The molecular weight excluding hydrogens is 370 g/mol. The summed E-state index contributed by atoms with van der Waals surface area (Å²) in [6.07, 6.45) is 1.47. The van der Waals surface area contributed by atoms with E-state index in [1.54, 1.807) is 0 Å². The molecular formula is C22H29N3O2S. The van der Waals surface area contributed by atoms with Gasteiger partial charge in [0.15, 0.2) is 0 Å². The van der Waals surface area contributed by atoms with Crippen LogP contribution in [0.4, 0.5) is 5.69 Å². The Balaban J connectivity index is 1.42. The molecule has 0 atom stereocenters. The molecule has 2 heterocycles. The van der Waals surface area contributed by atoms with Crippen molar-refractivity contribution in [3.05, 3.63) is 52.2 Å². The van der Waals surface area contributed by atoms with Crippen LogP contribution in [0, 0.1) is 12.8 Å². The molecule has 1 aromatic heterocycles. The number of carbonyl (C=O) groups is 2. The lowest BCUT2D eigenvalue weighted by Gasteiger charge is -2.31. The number of benzene rings is 1. The highest BCUT2D eigenvalue weighted by Gasteiger charge is 2.28. The number of amides is 2. The molecule has 0 unspecified atom stereocenters. The van der Waals surface area contributed by atoms with Crippen molar-refractivity contribution < 1.29 is 9.59 Å². The molecule has 0 saturated carbocycles. The Hall–Kier alpha value is -2.34. The van der Waals surface area contributed by atoms with E-state index in [-0.39, 0.29) is 17.7 Å². The molecule has 5 nitrogen and oxygen atoms in total. The predicted octanol–water partition coefficient (Wildman–Crippen LogP) is 3.55. The molecule has 3 rings (SSSR count). The summed E-state index contributed by atoms with van der Waals surface area (Å²) in [6, 6.07) is 12.2. The number of likely N-dealkylation sites (N-methyl/N-ethyl adjacent to an activating group) is 1. The number of nitrogens with zero attached hydrogens (tertiary/aromatic N) is 2. The first-order chi connectivity index (χ1) is 13.6. The molecule has 0 spiro atoms. The summed E-state index contributed by atoms with van der Waals surface area (Å²) >= 11 is 1.47. The predicted molar refractivity (Wildman–Crippen MR) is 115 cm³/mol. The van der Waals surface area contributed by atoms with Crippen LogP contribution in [0.3, 0.4) is 0 Å². The summed E-state index contributed by atoms with van der Waals surface area (Å²) in [4.78, 5) is 29.9. The maximum absolute atomic E-state index is 12.5. The minimum Gasteiger partial charge on any atom is -0.370 e. The second-order valence-electron chi connectivity index (χ2n) is 7.25. The van der Waals surface area contributed by atoms with Crippen molar-refractivity contribution in [1.82, 2.24) is 10.2 Å². The van der Waals surface area contributed by atoms with Crippen LogP contribution in [-0.2, 0) is 4.79 Å². The Morgan fingerprint density at radius 1 is 1.21 bits per heavy atom. The number of nitrogens with one attached hydrogen (secondary N) is 1. The maximum atomic E-state index is 12.5. The highest BCUT2D eigenvalue weighted by atomic mass is 32.1. The zero-order chi connectivity index (χ0) is 19.9. The minimum absolute atomic E-state index is 0.00133. The molecule has 0 bridgehead atoms. The van der Waals surface area contributed by atoms with Crippen molar-refractivity contribution in [2.45, 2.75) is 26.7 Å². The molecule has 1 aromatic carbocycles. The van der Waals surface area contributed by atoms with Crippen molar-refractivity contribution in [2.24, 2.45) is 5.92 Å². The van der Waals surface area contributed by atoms with E-state index in [9.17, 15) is 9.59 Å². The molecule has 1 aliphatic heterocycles. The van der Waals surface area contributed by atoms with Gasteiger partial charge in [0.1, 0.15) is 0 Å². The van der Waals surface area contributed by atoms with Gasteiger partial charge >= 0.3 is 0 Å². The fourth-order valence-corrected chi connectivity index (χ4v) is 4.34. The Morgan fingerprint density at radius 2 is 2.00 bits per heavy atom. The van der Waals surface area contributed by atoms with Gasteiger partial charge in [-0.25, -0.2) is 0 Å². The topological polar surface area (TPSA) is 52.7 Å². The van der Waals surface area contributed by atoms with E-state index < -0.39 is 0 Å². The van der Waals surface area contributed by atoms with E-state index in [2.05, 4.69) is 48.3 Å². The van der Waals surface area contributed by atoms with E-state index in [0.717, 1.165) is 30.8 Å². The summed E-state index contributed by atoms with van der Waals surface area (Å²) < 4.78 is 0. The van der Waals surface area contributed by atoms with Crippen molar-refractivity contribution in [3.8, 4) is 0 Å². The molecule has 28 heavy (non-hydrogen) atoms. The summed E-state index contributed by atoms with van der Waals surface area (Å²) in [7, 11) is 0. The molecule has 1 saturated heterocycles. The average Bonchev–Trinajstić information content (AvgIpc) is 3.25. The fraction of sp³-hybridized carbons (Fsp3) is 0.455. The third-order valence-electron chi connectivity index (χ3n) is 5.31. The van der Waals surface area contributed by atoms with Crippen molar-refractivity contribution >= 4 is 28.8 Å². The van der Waals surface area contributed by atoms with Crippen LogP contribution in [0.2, 0.25) is 0 Å². The van der Waals surface area contributed by atoms with E-state index in [0.29, 0.717) is 19.6 Å². The van der Waals surface area contributed by atoms with Crippen LogP contribution in [0.25, 0.3) is 0 Å². The Morgan fingerprint density at radius 3 is 2.64 bits per heavy atom. The van der Waals surface area contributed by atoms with Gasteiger partial charge in [-0.2, -0.15) is 0 Å². The largest absolute Gasteiger partial charge is 0.370 e. The number of rotatable bonds is 7. The molecule has 2 amide bonds. The summed E-state index contributed by atoms with van der Waals surface area (Å²) in [5, 5.41) is 5.01. The first-order valence-corrected chi connectivity index (χ1v) is 10.9. The van der Waals surface area contributed by atoms with Crippen LogP contribution < -0.4 is 10.2 Å². The molecule has 1 fully saturated rings. The minimum atomic E-state index is 0.00133. The maximum Gasteiger partial charge on any atom is 0.263 e. The standard InChI is InChI=1S/C22H29N3O2S/c1-3-24(19-7-4-6-17(2)16-19)14-11-23-21(26)18-9-12-25(13-10-18)22(27)20-8-5-15-28-20/h4-8,15-16,18H,3,9-14H2,1-2H3,(H,23,26). The number of hydrogen-bond donors (Lipinski definition) is 1. The number of likely N-dealkylation sites (tertiary alicyclic amines) is 1.